The Balaban J connectivity index is 1.83. The molecule has 25 heavy (non-hydrogen) atoms. The van der Waals surface area contributed by atoms with Crippen molar-refractivity contribution in [3.8, 4) is 0 Å². The maximum Gasteiger partial charge on any atom is 0.264 e. The molecule has 2 aromatic rings. The first-order valence-electron chi connectivity index (χ1n) is 7.52. The van der Waals surface area contributed by atoms with Crippen molar-refractivity contribution in [3.05, 3.63) is 77.9 Å². The highest BCUT2D eigenvalue weighted by Gasteiger charge is 2.37. The van der Waals surface area contributed by atoms with Crippen molar-refractivity contribution >= 4 is 37.0 Å². The smallest absolute Gasteiger partial charge is 0.228 e. The number of aliphatic imine (C=N–C) groups is 1. The van der Waals surface area contributed by atoms with E-state index in [-0.39, 0.29) is 10.4 Å². The molecule has 2 aliphatic heterocycles. The van der Waals surface area contributed by atoms with Gasteiger partial charge in [0.1, 0.15) is 6.04 Å². The number of primary sulfonamides is 1. The van der Waals surface area contributed by atoms with Gasteiger partial charge in [-0.2, -0.15) is 0 Å². The van der Waals surface area contributed by atoms with E-state index < -0.39 is 10.0 Å². The van der Waals surface area contributed by atoms with Crippen LogP contribution >= 0.6 is 11.8 Å². The third kappa shape index (κ3) is 3.11. The van der Waals surface area contributed by atoms with Crippen LogP contribution in [0.15, 0.2) is 76.8 Å². The summed E-state index contributed by atoms with van der Waals surface area (Å²) < 4.78 is 23.3. The van der Waals surface area contributed by atoms with E-state index in [9.17, 15) is 8.42 Å². The van der Waals surface area contributed by atoms with E-state index in [0.717, 1.165) is 28.6 Å². The SMILES string of the molecule is NS(=O)(=O)C1=NN2C(=NC(c3ccccc3)=CC2c2ccccc2)S1. The van der Waals surface area contributed by atoms with Crippen LogP contribution in [0, 0.1) is 0 Å². The summed E-state index contributed by atoms with van der Waals surface area (Å²) in [5.74, 6) is 0. The molecule has 0 bridgehead atoms. The molecule has 8 heteroatoms. The van der Waals surface area contributed by atoms with Gasteiger partial charge < -0.3 is 0 Å². The molecule has 0 amide bonds. The largest absolute Gasteiger partial charge is 0.264 e. The fourth-order valence-corrected chi connectivity index (χ4v) is 4.23. The monoisotopic (exact) mass is 370 g/mol. The molecule has 0 aromatic heterocycles. The van der Waals surface area contributed by atoms with E-state index in [2.05, 4.69) is 10.1 Å². The first-order valence-corrected chi connectivity index (χ1v) is 9.88. The highest BCUT2D eigenvalue weighted by Crippen LogP contribution is 2.39. The fraction of sp³-hybridized carbons (Fsp3) is 0.0588. The molecular formula is C17H14N4O2S2. The zero-order valence-electron chi connectivity index (χ0n) is 13.0. The van der Waals surface area contributed by atoms with Gasteiger partial charge >= 0.3 is 0 Å². The molecule has 0 aliphatic carbocycles. The number of sulfonamides is 1. The van der Waals surface area contributed by atoms with Gasteiger partial charge in [-0.1, -0.05) is 60.7 Å². The summed E-state index contributed by atoms with van der Waals surface area (Å²) >= 11 is 0.970. The van der Waals surface area contributed by atoms with Gasteiger partial charge in [-0.25, -0.2) is 23.6 Å². The second-order valence-corrected chi connectivity index (χ2v) is 8.22. The number of benzene rings is 2. The summed E-state index contributed by atoms with van der Waals surface area (Å²) in [5, 5.41) is 11.5. The summed E-state index contributed by atoms with van der Waals surface area (Å²) in [4.78, 5) is 4.59. The second kappa shape index (κ2) is 6.14. The van der Waals surface area contributed by atoms with E-state index in [4.69, 9.17) is 5.14 Å². The van der Waals surface area contributed by atoms with Gasteiger partial charge in [-0.15, -0.1) is 5.10 Å². The number of nitrogens with zero attached hydrogens (tertiary/aromatic N) is 3. The van der Waals surface area contributed by atoms with Crippen molar-refractivity contribution in [2.75, 3.05) is 0 Å². The maximum atomic E-state index is 11.7. The molecule has 2 aliphatic rings. The van der Waals surface area contributed by atoms with E-state index in [1.165, 1.54) is 0 Å². The quantitative estimate of drug-likeness (QED) is 0.880. The molecule has 6 nitrogen and oxygen atoms in total. The molecule has 0 saturated heterocycles. The topological polar surface area (TPSA) is 88.1 Å². The Morgan fingerprint density at radius 1 is 1.00 bits per heavy atom. The first-order chi connectivity index (χ1) is 12.0. The number of hydrogen-bond acceptors (Lipinski definition) is 6. The Morgan fingerprint density at radius 3 is 2.28 bits per heavy atom. The van der Waals surface area contributed by atoms with Gasteiger partial charge in [0.15, 0.2) is 5.17 Å². The molecule has 1 unspecified atom stereocenters. The Hall–Kier alpha value is -2.42. The van der Waals surface area contributed by atoms with Crippen LogP contribution in [-0.2, 0) is 10.0 Å². The van der Waals surface area contributed by atoms with Gasteiger partial charge in [0, 0.05) is 0 Å². The van der Waals surface area contributed by atoms with Gasteiger partial charge in [0.05, 0.1) is 5.70 Å². The lowest BCUT2D eigenvalue weighted by atomic mass is 10.0. The summed E-state index contributed by atoms with van der Waals surface area (Å²) in [6.07, 6.45) is 1.98. The van der Waals surface area contributed by atoms with Crippen molar-refractivity contribution < 1.29 is 8.42 Å². The van der Waals surface area contributed by atoms with Crippen LogP contribution in [0.4, 0.5) is 0 Å². The number of nitrogens with two attached hydrogens (primary N) is 1. The average Bonchev–Trinajstić information content (AvgIpc) is 3.07. The summed E-state index contributed by atoms with van der Waals surface area (Å²) in [6.45, 7) is 0. The Kier molecular flexibility index (Phi) is 3.95. The second-order valence-electron chi connectivity index (χ2n) is 5.53. The standard InChI is InChI=1S/C17H14N4O2S2/c18-25(22,23)17-20-21-15(13-9-5-2-6-10-13)11-14(19-16(21)24-17)12-7-3-1-4-8-12/h1-11,15H,(H2,18,22,23). The van der Waals surface area contributed by atoms with Crippen molar-refractivity contribution in [3.63, 3.8) is 0 Å². The molecule has 2 N–H and O–H groups in total. The summed E-state index contributed by atoms with van der Waals surface area (Å²) in [5.41, 5.74) is 2.72. The van der Waals surface area contributed by atoms with E-state index >= 15 is 0 Å². The summed E-state index contributed by atoms with van der Waals surface area (Å²) in [6, 6.07) is 19.2. The molecule has 4 rings (SSSR count). The Bertz CT molecular complexity index is 999. The van der Waals surface area contributed by atoms with Gasteiger partial charge in [0.2, 0.25) is 4.38 Å². The van der Waals surface area contributed by atoms with Crippen molar-refractivity contribution in [1.29, 1.82) is 0 Å². The van der Waals surface area contributed by atoms with Crippen LogP contribution in [0.25, 0.3) is 5.70 Å². The molecule has 126 valence electrons. The van der Waals surface area contributed by atoms with Crippen LogP contribution < -0.4 is 5.14 Å². The molecule has 0 fully saturated rings. The van der Waals surface area contributed by atoms with Crippen molar-refractivity contribution in [1.82, 2.24) is 5.01 Å². The minimum absolute atomic E-state index is 0.144. The van der Waals surface area contributed by atoms with Crippen LogP contribution in [0.3, 0.4) is 0 Å². The normalized spacial score (nSPS) is 19.8. The summed E-state index contributed by atoms with van der Waals surface area (Å²) in [7, 11) is -3.88. The molecule has 2 heterocycles. The number of hydrazone groups is 1. The Morgan fingerprint density at radius 2 is 1.64 bits per heavy atom. The molecule has 2 aromatic carbocycles. The Labute approximate surface area is 149 Å². The number of amidine groups is 1. The predicted octanol–water partition coefficient (Wildman–Crippen LogP) is 2.75. The zero-order valence-corrected chi connectivity index (χ0v) is 14.6. The third-order valence-electron chi connectivity index (χ3n) is 3.81. The number of fused-ring (bicyclic) bond motifs is 1. The minimum atomic E-state index is -3.88. The van der Waals surface area contributed by atoms with E-state index in [1.807, 2.05) is 66.7 Å². The highest BCUT2D eigenvalue weighted by molar-refractivity contribution is 8.42. The van der Waals surface area contributed by atoms with Crippen LogP contribution in [0.2, 0.25) is 0 Å². The third-order valence-corrected chi connectivity index (χ3v) is 6.05. The molecule has 0 saturated carbocycles. The van der Waals surface area contributed by atoms with E-state index in [0.29, 0.717) is 5.17 Å². The number of hydrogen-bond donors (Lipinski definition) is 1. The van der Waals surface area contributed by atoms with Crippen LogP contribution in [0.1, 0.15) is 17.2 Å². The lowest BCUT2D eigenvalue weighted by Gasteiger charge is -2.27. The maximum absolute atomic E-state index is 11.7. The van der Waals surface area contributed by atoms with Crippen LogP contribution in [-0.4, -0.2) is 23.0 Å². The predicted molar refractivity (Wildman–Crippen MR) is 101 cm³/mol. The van der Waals surface area contributed by atoms with Gasteiger partial charge in [0.25, 0.3) is 10.0 Å². The minimum Gasteiger partial charge on any atom is -0.228 e. The molecule has 0 radical (unpaired) electrons. The number of thioether (sulfide) groups is 1. The van der Waals surface area contributed by atoms with Crippen molar-refractivity contribution in [2.45, 2.75) is 6.04 Å². The van der Waals surface area contributed by atoms with Gasteiger partial charge in [-0.3, -0.25) is 0 Å². The molecule has 1 atom stereocenters. The van der Waals surface area contributed by atoms with Gasteiger partial charge in [-0.05, 0) is 29.0 Å². The first kappa shape index (κ1) is 16.1. The molecule has 0 spiro atoms. The van der Waals surface area contributed by atoms with E-state index in [1.54, 1.807) is 5.01 Å². The average molecular weight is 370 g/mol. The lowest BCUT2D eigenvalue weighted by Crippen LogP contribution is -2.27. The molecular weight excluding hydrogens is 356 g/mol. The highest BCUT2D eigenvalue weighted by atomic mass is 32.3. The number of rotatable bonds is 2. The van der Waals surface area contributed by atoms with Crippen molar-refractivity contribution in [2.24, 2.45) is 15.2 Å². The fourth-order valence-electron chi connectivity index (χ4n) is 2.66. The zero-order chi connectivity index (χ0) is 17.4. The van der Waals surface area contributed by atoms with Crippen LogP contribution in [0.5, 0.6) is 0 Å². The lowest BCUT2D eigenvalue weighted by molar-refractivity contribution is 0.395.